The van der Waals surface area contributed by atoms with Gasteiger partial charge in [0, 0.05) is 37.0 Å². The minimum atomic E-state index is 0.423. The molecule has 1 saturated carbocycles. The lowest BCUT2D eigenvalue weighted by Crippen LogP contribution is -2.34. The standard InChI is InChI=1S/C17H20N2O/c1-19(15-5-7-16(20)8-6-15)12-13-4-9-17-14(11-13)3-2-10-18-17/h2-4,9-11,15H,5-8,12H2,1H3. The highest BCUT2D eigenvalue weighted by atomic mass is 16.1. The number of hydrogen-bond acceptors (Lipinski definition) is 3. The SMILES string of the molecule is CN(Cc1ccc2ncccc2c1)C1CCC(=O)CC1. The van der Waals surface area contributed by atoms with Gasteiger partial charge in [0.05, 0.1) is 5.52 Å². The Morgan fingerprint density at radius 3 is 2.85 bits per heavy atom. The Hall–Kier alpha value is -1.74. The van der Waals surface area contributed by atoms with Gasteiger partial charge in [-0.2, -0.15) is 0 Å². The lowest BCUT2D eigenvalue weighted by atomic mass is 9.93. The molecule has 1 fully saturated rings. The topological polar surface area (TPSA) is 33.2 Å². The van der Waals surface area contributed by atoms with Gasteiger partial charge < -0.3 is 0 Å². The Labute approximate surface area is 119 Å². The number of rotatable bonds is 3. The zero-order valence-electron chi connectivity index (χ0n) is 11.9. The summed E-state index contributed by atoms with van der Waals surface area (Å²) in [7, 11) is 2.16. The van der Waals surface area contributed by atoms with Crippen LogP contribution in [0.25, 0.3) is 10.9 Å². The summed E-state index contributed by atoms with van der Waals surface area (Å²) in [5, 5.41) is 1.19. The van der Waals surface area contributed by atoms with Gasteiger partial charge in [-0.1, -0.05) is 12.1 Å². The molecule has 1 aromatic heterocycles. The maximum absolute atomic E-state index is 11.3. The molecule has 0 atom stereocenters. The molecule has 1 aliphatic carbocycles. The van der Waals surface area contributed by atoms with Crippen molar-refractivity contribution in [3.63, 3.8) is 0 Å². The fourth-order valence-corrected chi connectivity index (χ4v) is 3.01. The summed E-state index contributed by atoms with van der Waals surface area (Å²) in [4.78, 5) is 18.0. The number of hydrogen-bond donors (Lipinski definition) is 0. The highest BCUT2D eigenvalue weighted by molar-refractivity contribution is 5.79. The van der Waals surface area contributed by atoms with Crippen LogP contribution in [-0.2, 0) is 11.3 Å². The summed E-state index contributed by atoms with van der Waals surface area (Å²) in [6.07, 6.45) is 5.33. The number of carbonyl (C=O) groups excluding carboxylic acids is 1. The van der Waals surface area contributed by atoms with Gasteiger partial charge in [0.2, 0.25) is 0 Å². The van der Waals surface area contributed by atoms with Crippen molar-refractivity contribution in [1.82, 2.24) is 9.88 Å². The molecule has 0 radical (unpaired) electrons. The van der Waals surface area contributed by atoms with Crippen molar-refractivity contribution in [1.29, 1.82) is 0 Å². The summed E-state index contributed by atoms with van der Waals surface area (Å²) in [5.41, 5.74) is 2.35. The molecule has 3 heteroatoms. The van der Waals surface area contributed by atoms with Gasteiger partial charge in [0.1, 0.15) is 5.78 Å². The van der Waals surface area contributed by atoms with Gasteiger partial charge in [0.25, 0.3) is 0 Å². The number of benzene rings is 1. The number of fused-ring (bicyclic) bond motifs is 1. The first kappa shape index (κ1) is 13.3. The van der Waals surface area contributed by atoms with Crippen LogP contribution in [-0.4, -0.2) is 28.8 Å². The van der Waals surface area contributed by atoms with E-state index in [1.807, 2.05) is 12.3 Å². The Morgan fingerprint density at radius 2 is 2.05 bits per heavy atom. The Bertz CT molecular complexity index is 613. The first-order valence-electron chi connectivity index (χ1n) is 7.28. The second-order valence-corrected chi connectivity index (χ2v) is 5.72. The van der Waals surface area contributed by atoms with E-state index in [0.29, 0.717) is 11.8 Å². The van der Waals surface area contributed by atoms with E-state index < -0.39 is 0 Å². The van der Waals surface area contributed by atoms with E-state index in [9.17, 15) is 4.79 Å². The third-order valence-corrected chi connectivity index (χ3v) is 4.24. The molecule has 0 aliphatic heterocycles. The lowest BCUT2D eigenvalue weighted by Gasteiger charge is -2.30. The molecule has 1 heterocycles. The minimum Gasteiger partial charge on any atom is -0.300 e. The highest BCUT2D eigenvalue weighted by Gasteiger charge is 2.22. The van der Waals surface area contributed by atoms with E-state index in [2.05, 4.69) is 41.2 Å². The molecule has 0 bridgehead atoms. The van der Waals surface area contributed by atoms with Crippen LogP contribution >= 0.6 is 0 Å². The van der Waals surface area contributed by atoms with Crippen molar-refractivity contribution < 1.29 is 4.79 Å². The first-order valence-corrected chi connectivity index (χ1v) is 7.28. The second kappa shape index (κ2) is 5.71. The summed E-state index contributed by atoms with van der Waals surface area (Å²) in [6, 6.07) is 11.1. The van der Waals surface area contributed by atoms with Gasteiger partial charge in [-0.3, -0.25) is 14.7 Å². The van der Waals surface area contributed by atoms with Crippen molar-refractivity contribution in [2.75, 3.05) is 7.05 Å². The van der Waals surface area contributed by atoms with Crippen LogP contribution < -0.4 is 0 Å². The Balaban J connectivity index is 1.70. The number of nitrogens with zero attached hydrogens (tertiary/aromatic N) is 2. The van der Waals surface area contributed by atoms with Gasteiger partial charge in [0.15, 0.2) is 0 Å². The van der Waals surface area contributed by atoms with Gasteiger partial charge in [-0.05, 0) is 43.7 Å². The van der Waals surface area contributed by atoms with Crippen LogP contribution in [0.5, 0.6) is 0 Å². The number of pyridine rings is 1. The highest BCUT2D eigenvalue weighted by Crippen LogP contribution is 2.22. The Morgan fingerprint density at radius 1 is 1.25 bits per heavy atom. The van der Waals surface area contributed by atoms with Crippen LogP contribution in [0.1, 0.15) is 31.2 Å². The fraction of sp³-hybridized carbons (Fsp3) is 0.412. The molecule has 0 spiro atoms. The number of ketones is 1. The molecule has 0 N–H and O–H groups in total. The van der Waals surface area contributed by atoms with E-state index in [-0.39, 0.29) is 0 Å². The van der Waals surface area contributed by atoms with Gasteiger partial charge >= 0.3 is 0 Å². The third-order valence-electron chi connectivity index (χ3n) is 4.24. The number of aromatic nitrogens is 1. The van der Waals surface area contributed by atoms with Crippen molar-refractivity contribution in [2.45, 2.75) is 38.3 Å². The minimum absolute atomic E-state index is 0.423. The summed E-state index contributed by atoms with van der Waals surface area (Å²) >= 11 is 0. The molecule has 0 amide bonds. The maximum Gasteiger partial charge on any atom is 0.133 e. The lowest BCUT2D eigenvalue weighted by molar-refractivity contribution is -0.121. The number of Topliss-reactive ketones (excluding diaryl/α,β-unsaturated/α-hetero) is 1. The summed E-state index contributed by atoms with van der Waals surface area (Å²) < 4.78 is 0. The fourth-order valence-electron chi connectivity index (χ4n) is 3.01. The summed E-state index contributed by atoms with van der Waals surface area (Å²) in [5.74, 6) is 0.423. The van der Waals surface area contributed by atoms with E-state index in [1.165, 1.54) is 10.9 Å². The monoisotopic (exact) mass is 268 g/mol. The molecule has 2 aromatic rings. The van der Waals surface area contributed by atoms with E-state index in [4.69, 9.17) is 0 Å². The van der Waals surface area contributed by atoms with E-state index in [1.54, 1.807) is 0 Å². The quantitative estimate of drug-likeness (QED) is 0.857. The van der Waals surface area contributed by atoms with Gasteiger partial charge in [-0.15, -0.1) is 0 Å². The molecule has 20 heavy (non-hydrogen) atoms. The third kappa shape index (κ3) is 2.88. The molecule has 1 aliphatic rings. The van der Waals surface area contributed by atoms with Crippen molar-refractivity contribution >= 4 is 16.7 Å². The van der Waals surface area contributed by atoms with Crippen LogP contribution in [0.4, 0.5) is 0 Å². The van der Waals surface area contributed by atoms with Crippen LogP contribution in [0.3, 0.4) is 0 Å². The average Bonchev–Trinajstić information content (AvgIpc) is 2.48. The van der Waals surface area contributed by atoms with Crippen LogP contribution in [0, 0.1) is 0 Å². The van der Waals surface area contributed by atoms with Crippen LogP contribution in [0.15, 0.2) is 36.5 Å². The molecular formula is C17H20N2O. The predicted octanol–water partition coefficient (Wildman–Crippen LogP) is 3.18. The zero-order chi connectivity index (χ0) is 13.9. The second-order valence-electron chi connectivity index (χ2n) is 5.72. The van der Waals surface area contributed by atoms with E-state index in [0.717, 1.165) is 37.7 Å². The summed E-state index contributed by atoms with van der Waals surface area (Å²) in [6.45, 7) is 0.934. The molecule has 0 saturated heterocycles. The van der Waals surface area contributed by atoms with Gasteiger partial charge in [-0.25, -0.2) is 0 Å². The molecule has 0 unspecified atom stereocenters. The largest absolute Gasteiger partial charge is 0.300 e. The molecule has 104 valence electrons. The first-order chi connectivity index (χ1) is 9.72. The predicted molar refractivity (Wildman–Crippen MR) is 80.5 cm³/mol. The van der Waals surface area contributed by atoms with E-state index >= 15 is 0 Å². The molecule has 3 rings (SSSR count). The zero-order valence-corrected chi connectivity index (χ0v) is 11.9. The van der Waals surface area contributed by atoms with Crippen molar-refractivity contribution in [3.05, 3.63) is 42.1 Å². The maximum atomic E-state index is 11.3. The van der Waals surface area contributed by atoms with Crippen molar-refractivity contribution in [3.8, 4) is 0 Å². The Kier molecular flexibility index (Phi) is 3.79. The average molecular weight is 268 g/mol. The normalized spacial score (nSPS) is 17.0. The van der Waals surface area contributed by atoms with Crippen molar-refractivity contribution in [2.24, 2.45) is 0 Å². The molecular weight excluding hydrogens is 248 g/mol. The van der Waals surface area contributed by atoms with Crippen LogP contribution in [0.2, 0.25) is 0 Å². The smallest absolute Gasteiger partial charge is 0.133 e. The number of carbonyl (C=O) groups is 1. The molecule has 3 nitrogen and oxygen atoms in total. The molecule has 1 aromatic carbocycles.